The number of rotatable bonds is 5. The Bertz CT molecular complexity index is 663. The van der Waals surface area contributed by atoms with Crippen LogP contribution in [-0.2, 0) is 11.3 Å². The van der Waals surface area contributed by atoms with E-state index in [1.807, 2.05) is 17.0 Å². The van der Waals surface area contributed by atoms with Crippen LogP contribution < -0.4 is 0 Å². The van der Waals surface area contributed by atoms with E-state index in [9.17, 15) is 9.90 Å². The highest BCUT2D eigenvalue weighted by Crippen LogP contribution is 2.68. The largest absolute Gasteiger partial charge is 0.390 e. The molecule has 4 atom stereocenters. The minimum absolute atomic E-state index is 0.180. The molecule has 4 heteroatoms. The first kappa shape index (κ1) is 17.0. The number of carbonyl (C=O) groups excluding carboxylic acids is 1. The fraction of sp³-hybridized carbons (Fsp3) is 0.714. The Balaban J connectivity index is 1.62. The minimum atomic E-state index is -0.610. The average Bonchev–Trinajstić information content (AvgIpc) is 2.58. The fourth-order valence-corrected chi connectivity index (χ4v) is 6.59. The zero-order valence-electron chi connectivity index (χ0n) is 15.5. The van der Waals surface area contributed by atoms with E-state index in [1.54, 1.807) is 12.4 Å². The molecular weight excluding hydrogens is 312 g/mol. The van der Waals surface area contributed by atoms with Crippen LogP contribution in [0.15, 0.2) is 24.5 Å². The maximum Gasteiger partial charge on any atom is 0.229 e. The van der Waals surface area contributed by atoms with Crippen molar-refractivity contribution >= 4 is 5.91 Å². The van der Waals surface area contributed by atoms with E-state index in [0.717, 1.165) is 37.7 Å². The van der Waals surface area contributed by atoms with Gasteiger partial charge in [-0.15, -0.1) is 0 Å². The van der Waals surface area contributed by atoms with Crippen LogP contribution in [0, 0.1) is 16.7 Å². The molecule has 0 aliphatic heterocycles. The smallest absolute Gasteiger partial charge is 0.229 e. The van der Waals surface area contributed by atoms with E-state index in [2.05, 4.69) is 18.8 Å². The van der Waals surface area contributed by atoms with Crippen LogP contribution >= 0.6 is 0 Å². The van der Waals surface area contributed by atoms with Crippen LogP contribution in [0.1, 0.15) is 64.4 Å². The van der Waals surface area contributed by atoms with Crippen molar-refractivity contribution in [2.75, 3.05) is 6.54 Å². The maximum atomic E-state index is 13.6. The molecule has 1 aromatic heterocycles. The van der Waals surface area contributed by atoms with Crippen molar-refractivity contribution in [1.82, 2.24) is 9.88 Å². The van der Waals surface area contributed by atoms with Crippen molar-refractivity contribution < 1.29 is 9.90 Å². The molecule has 4 aliphatic rings. The zero-order valence-corrected chi connectivity index (χ0v) is 15.5. The summed E-state index contributed by atoms with van der Waals surface area (Å²) in [6, 6.07) is 3.97. The van der Waals surface area contributed by atoms with Gasteiger partial charge in [0.15, 0.2) is 0 Å². The Morgan fingerprint density at radius 2 is 1.96 bits per heavy atom. The van der Waals surface area contributed by atoms with Gasteiger partial charge < -0.3 is 10.0 Å². The second-order valence-electron chi connectivity index (χ2n) is 9.04. The van der Waals surface area contributed by atoms with Crippen LogP contribution in [0.5, 0.6) is 0 Å². The maximum absolute atomic E-state index is 13.6. The number of hydrogen-bond acceptors (Lipinski definition) is 3. The van der Waals surface area contributed by atoms with Crippen molar-refractivity contribution in [3.05, 3.63) is 30.1 Å². The van der Waals surface area contributed by atoms with Gasteiger partial charge in [-0.1, -0.05) is 13.3 Å². The molecule has 0 aromatic carbocycles. The summed E-state index contributed by atoms with van der Waals surface area (Å²) in [5, 5.41) is 11.2. The number of amides is 1. The second kappa shape index (κ2) is 5.80. The third kappa shape index (κ3) is 2.79. The van der Waals surface area contributed by atoms with Crippen molar-refractivity contribution in [1.29, 1.82) is 0 Å². The van der Waals surface area contributed by atoms with Gasteiger partial charge >= 0.3 is 0 Å². The summed E-state index contributed by atoms with van der Waals surface area (Å²) >= 11 is 0. The molecule has 5 rings (SSSR count). The number of pyridine rings is 1. The Morgan fingerprint density at radius 3 is 2.60 bits per heavy atom. The summed E-state index contributed by atoms with van der Waals surface area (Å²) in [4.78, 5) is 19.7. The van der Waals surface area contributed by atoms with Gasteiger partial charge in [0.1, 0.15) is 0 Å². The van der Waals surface area contributed by atoms with E-state index in [1.165, 1.54) is 6.42 Å². The van der Waals surface area contributed by atoms with E-state index in [-0.39, 0.29) is 16.7 Å². The number of hydrogen-bond donors (Lipinski definition) is 1. The molecule has 1 amide bonds. The molecule has 4 bridgehead atoms. The normalized spacial score (nSPS) is 38.8. The Morgan fingerprint density at radius 1 is 1.20 bits per heavy atom. The SMILES string of the molecule is CCN(Cc1ccncc1)C(=O)[C@]12C[C@H]3C[C@@](O)(C[C@](CC)(C3)C1)C2. The topological polar surface area (TPSA) is 53.4 Å². The Labute approximate surface area is 150 Å². The van der Waals surface area contributed by atoms with Gasteiger partial charge in [-0.2, -0.15) is 0 Å². The first-order chi connectivity index (χ1) is 11.9. The molecule has 25 heavy (non-hydrogen) atoms. The van der Waals surface area contributed by atoms with Crippen LogP contribution in [0.3, 0.4) is 0 Å². The van der Waals surface area contributed by atoms with Crippen molar-refractivity contribution in [2.45, 2.75) is 70.9 Å². The zero-order chi connectivity index (χ0) is 17.7. The molecule has 1 N–H and O–H groups in total. The summed E-state index contributed by atoms with van der Waals surface area (Å²) in [5.41, 5.74) is 0.354. The monoisotopic (exact) mass is 342 g/mol. The third-order valence-corrected chi connectivity index (χ3v) is 7.15. The molecule has 4 saturated carbocycles. The van der Waals surface area contributed by atoms with Crippen molar-refractivity contribution in [3.63, 3.8) is 0 Å². The Kier molecular flexibility index (Phi) is 3.95. The van der Waals surface area contributed by atoms with Gasteiger partial charge in [0.25, 0.3) is 0 Å². The minimum Gasteiger partial charge on any atom is -0.390 e. The summed E-state index contributed by atoms with van der Waals surface area (Å²) in [6.45, 7) is 5.65. The lowest BCUT2D eigenvalue weighted by Gasteiger charge is -2.64. The summed E-state index contributed by atoms with van der Waals surface area (Å²) in [6.07, 6.45) is 10.3. The quantitative estimate of drug-likeness (QED) is 0.890. The van der Waals surface area contributed by atoms with Crippen LogP contribution in [0.2, 0.25) is 0 Å². The van der Waals surface area contributed by atoms with Gasteiger partial charge in [-0.3, -0.25) is 9.78 Å². The lowest BCUT2D eigenvalue weighted by Crippen LogP contribution is -2.64. The van der Waals surface area contributed by atoms with E-state index in [0.29, 0.717) is 25.4 Å². The first-order valence-electron chi connectivity index (χ1n) is 9.82. The van der Waals surface area contributed by atoms with Gasteiger partial charge in [0.2, 0.25) is 5.91 Å². The molecule has 0 saturated heterocycles. The lowest BCUT2D eigenvalue weighted by molar-refractivity contribution is -0.210. The molecule has 0 unspecified atom stereocenters. The predicted molar refractivity (Wildman–Crippen MR) is 96.6 cm³/mol. The average molecular weight is 342 g/mol. The fourth-order valence-electron chi connectivity index (χ4n) is 6.59. The number of aliphatic hydroxyl groups is 1. The standard InChI is InChI=1S/C21H30N2O2/c1-3-19-9-17-10-20(13-19,15-21(25,11-17)14-19)18(24)23(4-2)12-16-5-7-22-8-6-16/h5-8,17,25H,3-4,9-15H2,1-2H3/t17-,19+,20+,21+/m0/s1. The number of carbonyl (C=O) groups is 1. The van der Waals surface area contributed by atoms with Crippen LogP contribution in [0.25, 0.3) is 0 Å². The molecule has 4 fully saturated rings. The third-order valence-electron chi connectivity index (χ3n) is 7.15. The van der Waals surface area contributed by atoms with Crippen LogP contribution in [-0.4, -0.2) is 33.0 Å². The van der Waals surface area contributed by atoms with Gasteiger partial charge in [0, 0.05) is 25.5 Å². The summed E-state index contributed by atoms with van der Waals surface area (Å²) in [5.74, 6) is 0.789. The van der Waals surface area contributed by atoms with E-state index < -0.39 is 5.60 Å². The van der Waals surface area contributed by atoms with Gasteiger partial charge in [0.05, 0.1) is 11.0 Å². The van der Waals surface area contributed by atoms with E-state index >= 15 is 0 Å². The molecule has 1 heterocycles. The molecule has 0 radical (unpaired) electrons. The number of aromatic nitrogens is 1. The van der Waals surface area contributed by atoms with Crippen LogP contribution in [0.4, 0.5) is 0 Å². The van der Waals surface area contributed by atoms with Crippen molar-refractivity contribution in [2.24, 2.45) is 16.7 Å². The molecular formula is C21H30N2O2. The molecule has 136 valence electrons. The molecule has 4 nitrogen and oxygen atoms in total. The van der Waals surface area contributed by atoms with Crippen molar-refractivity contribution in [3.8, 4) is 0 Å². The first-order valence-corrected chi connectivity index (χ1v) is 9.82. The highest BCUT2D eigenvalue weighted by Gasteiger charge is 2.65. The molecule has 1 aromatic rings. The predicted octanol–water partition coefficient (Wildman–Crippen LogP) is 3.54. The number of nitrogens with zero attached hydrogens (tertiary/aromatic N) is 2. The molecule has 4 aliphatic carbocycles. The highest BCUT2D eigenvalue weighted by atomic mass is 16.3. The summed E-state index contributed by atoms with van der Waals surface area (Å²) in [7, 11) is 0. The highest BCUT2D eigenvalue weighted by molar-refractivity contribution is 5.83. The van der Waals surface area contributed by atoms with E-state index in [4.69, 9.17) is 0 Å². The van der Waals surface area contributed by atoms with Gasteiger partial charge in [-0.05, 0) is 74.5 Å². The Hall–Kier alpha value is -1.42. The molecule has 0 spiro atoms. The lowest BCUT2D eigenvalue weighted by atomic mass is 9.42. The van der Waals surface area contributed by atoms with Gasteiger partial charge in [-0.25, -0.2) is 0 Å². The second-order valence-corrected chi connectivity index (χ2v) is 9.04. The summed E-state index contributed by atoms with van der Waals surface area (Å²) < 4.78 is 0.